The van der Waals surface area contributed by atoms with Crippen LogP contribution in [0.5, 0.6) is 0 Å². The topological polar surface area (TPSA) is 78.5 Å². The molecule has 0 aliphatic rings. The molecule has 0 spiro atoms. The molecule has 0 bridgehead atoms. The summed E-state index contributed by atoms with van der Waals surface area (Å²) in [7, 11) is 1.67. The Morgan fingerprint density at radius 3 is 2.76 bits per heavy atom. The lowest BCUT2D eigenvalue weighted by atomic mass is 10.2. The lowest BCUT2D eigenvalue weighted by Gasteiger charge is -2.01. The van der Waals surface area contributed by atoms with Crippen LogP contribution in [0.2, 0.25) is 0 Å². The van der Waals surface area contributed by atoms with Gasteiger partial charge < -0.3 is 0 Å². The highest BCUT2D eigenvalue weighted by Crippen LogP contribution is 2.07. The van der Waals surface area contributed by atoms with Gasteiger partial charge in [-0.3, -0.25) is 9.48 Å². The summed E-state index contributed by atoms with van der Waals surface area (Å²) in [4.78, 5) is 13.4. The van der Waals surface area contributed by atoms with Crippen LogP contribution in [0, 0.1) is 6.92 Å². The van der Waals surface area contributed by atoms with Gasteiger partial charge in [0.2, 0.25) is 0 Å². The second kappa shape index (κ2) is 4.44. The first-order chi connectivity index (χ1) is 8.10. The SMILES string of the molecule is CCn1nc(C)cc1C(=O)Cc1nnn(C)n1. The molecular formula is C10H14N6O. The first-order valence-electron chi connectivity index (χ1n) is 5.40. The first-order valence-corrected chi connectivity index (χ1v) is 5.40. The van der Waals surface area contributed by atoms with E-state index in [0.29, 0.717) is 18.1 Å². The van der Waals surface area contributed by atoms with Crippen molar-refractivity contribution in [1.82, 2.24) is 30.0 Å². The molecule has 0 aliphatic heterocycles. The molecule has 90 valence electrons. The summed E-state index contributed by atoms with van der Waals surface area (Å²) in [5.41, 5.74) is 1.43. The molecule has 0 N–H and O–H groups in total. The molecule has 7 nitrogen and oxygen atoms in total. The molecule has 0 aliphatic carbocycles. The van der Waals surface area contributed by atoms with Gasteiger partial charge in [-0.05, 0) is 25.1 Å². The Morgan fingerprint density at radius 1 is 1.41 bits per heavy atom. The average Bonchev–Trinajstić information content (AvgIpc) is 2.84. The Hall–Kier alpha value is -2.05. The number of aromatic nitrogens is 6. The maximum absolute atomic E-state index is 12.0. The molecule has 7 heteroatoms. The van der Waals surface area contributed by atoms with E-state index in [9.17, 15) is 4.79 Å². The smallest absolute Gasteiger partial charge is 0.188 e. The number of hydrogen-bond acceptors (Lipinski definition) is 5. The standard InChI is InChI=1S/C10H14N6O/c1-4-16-8(5-7(2)12-16)9(17)6-10-11-14-15(3)13-10/h5H,4,6H2,1-3H3. The van der Waals surface area contributed by atoms with Crippen molar-refractivity contribution in [2.24, 2.45) is 7.05 Å². The van der Waals surface area contributed by atoms with Crippen molar-refractivity contribution in [2.45, 2.75) is 26.8 Å². The first kappa shape index (κ1) is 11.4. The average molecular weight is 234 g/mol. The van der Waals surface area contributed by atoms with E-state index in [2.05, 4.69) is 20.5 Å². The Bertz CT molecular complexity index is 541. The number of carbonyl (C=O) groups is 1. The summed E-state index contributed by atoms with van der Waals surface area (Å²) in [5.74, 6) is 0.388. The van der Waals surface area contributed by atoms with Crippen molar-refractivity contribution in [2.75, 3.05) is 0 Å². The van der Waals surface area contributed by atoms with E-state index < -0.39 is 0 Å². The highest BCUT2D eigenvalue weighted by molar-refractivity contribution is 5.95. The molecule has 0 saturated heterocycles. The molecule has 0 radical (unpaired) electrons. The van der Waals surface area contributed by atoms with Crippen LogP contribution in [-0.4, -0.2) is 35.8 Å². The van der Waals surface area contributed by atoms with Crippen molar-refractivity contribution in [1.29, 1.82) is 0 Å². The second-order valence-electron chi connectivity index (χ2n) is 3.78. The van der Waals surface area contributed by atoms with Crippen LogP contribution in [0.15, 0.2) is 6.07 Å². The normalized spacial score (nSPS) is 10.8. The van der Waals surface area contributed by atoms with E-state index >= 15 is 0 Å². The zero-order valence-electron chi connectivity index (χ0n) is 10.1. The molecule has 0 amide bonds. The number of carbonyl (C=O) groups excluding carboxylic acids is 1. The lowest BCUT2D eigenvalue weighted by Crippen LogP contribution is -2.12. The maximum atomic E-state index is 12.0. The van der Waals surface area contributed by atoms with Crippen LogP contribution in [0.25, 0.3) is 0 Å². The third-order valence-electron chi connectivity index (χ3n) is 2.36. The van der Waals surface area contributed by atoms with Crippen LogP contribution >= 0.6 is 0 Å². The fourth-order valence-corrected chi connectivity index (χ4v) is 1.64. The second-order valence-corrected chi connectivity index (χ2v) is 3.78. The summed E-state index contributed by atoms with van der Waals surface area (Å²) < 4.78 is 1.69. The highest BCUT2D eigenvalue weighted by atomic mass is 16.1. The lowest BCUT2D eigenvalue weighted by molar-refractivity contribution is 0.0980. The zero-order valence-corrected chi connectivity index (χ0v) is 10.1. The van der Waals surface area contributed by atoms with Gasteiger partial charge in [-0.25, -0.2) is 0 Å². The predicted molar refractivity (Wildman–Crippen MR) is 59.5 cm³/mol. The van der Waals surface area contributed by atoms with Gasteiger partial charge in [0.25, 0.3) is 0 Å². The van der Waals surface area contributed by atoms with Gasteiger partial charge in [0.1, 0.15) is 5.69 Å². The molecule has 2 rings (SSSR count). The van der Waals surface area contributed by atoms with E-state index in [1.54, 1.807) is 17.8 Å². The van der Waals surface area contributed by atoms with Crippen LogP contribution in [0.4, 0.5) is 0 Å². The number of ketones is 1. The van der Waals surface area contributed by atoms with E-state index in [4.69, 9.17) is 0 Å². The van der Waals surface area contributed by atoms with Gasteiger partial charge in [-0.15, -0.1) is 10.2 Å². The molecule has 0 fully saturated rings. The summed E-state index contributed by atoms with van der Waals surface area (Å²) in [5, 5.41) is 15.7. The summed E-state index contributed by atoms with van der Waals surface area (Å²) in [6.07, 6.45) is 0.152. The Labute approximate surface area is 98.4 Å². The van der Waals surface area contributed by atoms with Crippen molar-refractivity contribution in [3.05, 3.63) is 23.3 Å². The van der Waals surface area contributed by atoms with E-state index in [1.165, 1.54) is 4.80 Å². The van der Waals surface area contributed by atoms with Gasteiger partial charge >= 0.3 is 0 Å². The van der Waals surface area contributed by atoms with Crippen molar-refractivity contribution >= 4 is 5.78 Å². The van der Waals surface area contributed by atoms with Crippen LogP contribution in [0.3, 0.4) is 0 Å². The van der Waals surface area contributed by atoms with Gasteiger partial charge in [-0.2, -0.15) is 9.90 Å². The predicted octanol–water partition coefficient (Wildman–Crippen LogP) is 0.160. The van der Waals surface area contributed by atoms with Crippen LogP contribution < -0.4 is 0 Å². The molecule has 17 heavy (non-hydrogen) atoms. The molecule has 0 aromatic carbocycles. The van der Waals surface area contributed by atoms with Crippen LogP contribution in [0.1, 0.15) is 28.9 Å². The number of nitrogens with zero attached hydrogens (tertiary/aromatic N) is 6. The molecular weight excluding hydrogens is 220 g/mol. The Balaban J connectivity index is 2.19. The quantitative estimate of drug-likeness (QED) is 0.704. The summed E-state index contributed by atoms with van der Waals surface area (Å²) in [6.45, 7) is 4.48. The highest BCUT2D eigenvalue weighted by Gasteiger charge is 2.15. The minimum atomic E-state index is -0.0412. The molecule has 0 saturated carbocycles. The van der Waals surface area contributed by atoms with Crippen molar-refractivity contribution in [3.63, 3.8) is 0 Å². The fraction of sp³-hybridized carbons (Fsp3) is 0.500. The summed E-state index contributed by atoms with van der Waals surface area (Å²) >= 11 is 0. The van der Waals surface area contributed by atoms with Gasteiger partial charge in [0.15, 0.2) is 11.6 Å². The van der Waals surface area contributed by atoms with E-state index in [0.717, 1.165) is 5.69 Å². The van der Waals surface area contributed by atoms with Gasteiger partial charge in [-0.1, -0.05) is 0 Å². The number of aryl methyl sites for hydroxylation is 3. The number of tetrazole rings is 1. The number of hydrogen-bond donors (Lipinski definition) is 0. The van der Waals surface area contributed by atoms with E-state index in [-0.39, 0.29) is 12.2 Å². The summed E-state index contributed by atoms with van der Waals surface area (Å²) in [6, 6.07) is 1.78. The number of Topliss-reactive ketones (excluding diaryl/α,β-unsaturated/α-hetero) is 1. The monoisotopic (exact) mass is 234 g/mol. The van der Waals surface area contributed by atoms with Gasteiger partial charge in [0.05, 0.1) is 19.2 Å². The molecule has 2 aromatic rings. The third-order valence-corrected chi connectivity index (χ3v) is 2.36. The minimum Gasteiger partial charge on any atom is -0.292 e. The largest absolute Gasteiger partial charge is 0.292 e. The Morgan fingerprint density at radius 2 is 2.18 bits per heavy atom. The van der Waals surface area contributed by atoms with Crippen molar-refractivity contribution in [3.8, 4) is 0 Å². The molecule has 0 unspecified atom stereocenters. The maximum Gasteiger partial charge on any atom is 0.188 e. The van der Waals surface area contributed by atoms with Gasteiger partial charge in [0, 0.05) is 6.54 Å². The molecule has 2 aromatic heterocycles. The minimum absolute atomic E-state index is 0.0412. The Kier molecular flexibility index (Phi) is 2.99. The molecule has 2 heterocycles. The van der Waals surface area contributed by atoms with Crippen molar-refractivity contribution < 1.29 is 4.79 Å². The van der Waals surface area contributed by atoms with Crippen LogP contribution in [-0.2, 0) is 20.0 Å². The van der Waals surface area contributed by atoms with E-state index in [1.807, 2.05) is 13.8 Å². The number of rotatable bonds is 4. The third kappa shape index (κ3) is 2.38. The zero-order chi connectivity index (χ0) is 12.4. The fourth-order valence-electron chi connectivity index (χ4n) is 1.64. The molecule has 0 atom stereocenters.